The van der Waals surface area contributed by atoms with Crippen LogP contribution in [0.3, 0.4) is 0 Å². The van der Waals surface area contributed by atoms with Gasteiger partial charge in [0.25, 0.3) is 5.91 Å². The second kappa shape index (κ2) is 3.91. The second-order valence-corrected chi connectivity index (χ2v) is 5.44. The number of nitrogens with two attached hydrogens (primary N) is 1. The van der Waals surface area contributed by atoms with Crippen LogP contribution in [0.2, 0.25) is 0 Å². The predicted molar refractivity (Wildman–Crippen MR) is 65.6 cm³/mol. The summed E-state index contributed by atoms with van der Waals surface area (Å²) in [6, 6.07) is 3.27. The summed E-state index contributed by atoms with van der Waals surface area (Å²) < 4.78 is 0. The number of hydrogen-bond donors (Lipinski definition) is 2. The van der Waals surface area contributed by atoms with Crippen molar-refractivity contribution in [1.29, 1.82) is 0 Å². The molecule has 1 saturated carbocycles. The Kier molecular flexibility index (Phi) is 2.44. The molecule has 1 saturated heterocycles. The van der Waals surface area contributed by atoms with Crippen molar-refractivity contribution >= 4 is 17.7 Å². The standard InChI is InChI=1S/C12H14N4O3/c13-10(17)8-1-2-9(15-14-8)16-5-12(6-16)3-7(4-12)11(18)19/h1-2,7H,3-6H2,(H2,13,17)(H,18,19). The SMILES string of the molecule is NC(=O)c1ccc(N2CC3(CC(C(=O)O)C3)C2)nn1. The van der Waals surface area contributed by atoms with Crippen molar-refractivity contribution in [1.82, 2.24) is 10.2 Å². The average molecular weight is 262 g/mol. The first kappa shape index (κ1) is 11.9. The highest BCUT2D eigenvalue weighted by atomic mass is 16.4. The number of nitrogens with zero attached hydrogens (tertiary/aromatic N) is 3. The van der Waals surface area contributed by atoms with Crippen LogP contribution in [-0.2, 0) is 4.79 Å². The molecule has 7 heteroatoms. The molecule has 0 atom stereocenters. The lowest BCUT2D eigenvalue weighted by molar-refractivity contribution is -0.151. The first-order valence-electron chi connectivity index (χ1n) is 6.10. The third kappa shape index (κ3) is 1.91. The van der Waals surface area contributed by atoms with Crippen molar-refractivity contribution in [3.63, 3.8) is 0 Å². The number of carbonyl (C=O) groups is 2. The summed E-state index contributed by atoms with van der Waals surface area (Å²) in [6.07, 6.45) is 1.48. The first-order valence-corrected chi connectivity index (χ1v) is 6.10. The van der Waals surface area contributed by atoms with Crippen LogP contribution in [0.25, 0.3) is 0 Å². The number of carboxylic acid groups (broad SMARTS) is 1. The molecule has 0 unspecified atom stereocenters. The number of primary amides is 1. The van der Waals surface area contributed by atoms with Gasteiger partial charge in [-0.05, 0) is 25.0 Å². The number of carbonyl (C=O) groups excluding carboxylic acids is 1. The molecule has 2 fully saturated rings. The fourth-order valence-electron chi connectivity index (χ4n) is 2.97. The third-order valence-electron chi connectivity index (χ3n) is 3.99. The molecule has 0 radical (unpaired) electrons. The largest absolute Gasteiger partial charge is 0.481 e. The van der Waals surface area contributed by atoms with E-state index in [1.807, 2.05) is 4.90 Å². The number of aromatic nitrogens is 2. The smallest absolute Gasteiger partial charge is 0.306 e. The highest BCUT2D eigenvalue weighted by molar-refractivity contribution is 5.90. The Morgan fingerprint density at radius 3 is 2.47 bits per heavy atom. The van der Waals surface area contributed by atoms with Crippen molar-refractivity contribution in [2.45, 2.75) is 12.8 Å². The van der Waals surface area contributed by atoms with Crippen molar-refractivity contribution in [3.05, 3.63) is 17.8 Å². The summed E-state index contributed by atoms with van der Waals surface area (Å²) in [4.78, 5) is 23.7. The summed E-state index contributed by atoms with van der Waals surface area (Å²) in [6.45, 7) is 1.61. The van der Waals surface area contributed by atoms with Gasteiger partial charge in [-0.15, -0.1) is 10.2 Å². The summed E-state index contributed by atoms with van der Waals surface area (Å²) in [5, 5.41) is 16.6. The fourth-order valence-corrected chi connectivity index (χ4v) is 2.97. The Morgan fingerprint density at radius 2 is 2.00 bits per heavy atom. The first-order chi connectivity index (χ1) is 8.99. The number of rotatable bonds is 3. The van der Waals surface area contributed by atoms with E-state index in [1.54, 1.807) is 12.1 Å². The minimum absolute atomic E-state index is 0.146. The van der Waals surface area contributed by atoms with E-state index < -0.39 is 11.9 Å². The normalized spacial score (nSPS) is 20.7. The number of carboxylic acids is 1. The number of anilines is 1. The molecular weight excluding hydrogens is 248 g/mol. The number of aliphatic carboxylic acids is 1. The van der Waals surface area contributed by atoms with Crippen molar-refractivity contribution < 1.29 is 14.7 Å². The second-order valence-electron chi connectivity index (χ2n) is 5.44. The van der Waals surface area contributed by atoms with E-state index in [4.69, 9.17) is 10.8 Å². The van der Waals surface area contributed by atoms with E-state index in [1.165, 1.54) is 0 Å². The lowest BCUT2D eigenvalue weighted by Gasteiger charge is -2.58. The molecule has 1 aliphatic heterocycles. The topological polar surface area (TPSA) is 109 Å². The van der Waals surface area contributed by atoms with Gasteiger partial charge >= 0.3 is 5.97 Å². The fraction of sp³-hybridized carbons (Fsp3) is 0.500. The maximum Gasteiger partial charge on any atom is 0.306 e. The predicted octanol–water partition coefficient (Wildman–Crippen LogP) is -0.124. The van der Waals surface area contributed by atoms with Crippen LogP contribution < -0.4 is 10.6 Å². The minimum Gasteiger partial charge on any atom is -0.481 e. The summed E-state index contributed by atoms with van der Waals surface area (Å²) in [5.74, 6) is -0.781. The molecule has 1 aromatic heterocycles. The zero-order valence-electron chi connectivity index (χ0n) is 10.2. The molecule has 19 heavy (non-hydrogen) atoms. The maximum atomic E-state index is 10.9. The summed E-state index contributed by atoms with van der Waals surface area (Å²) in [7, 11) is 0. The van der Waals surface area contributed by atoms with Crippen LogP contribution in [0.4, 0.5) is 5.82 Å². The molecule has 3 rings (SSSR count). The molecule has 3 N–H and O–H groups in total. The van der Waals surface area contributed by atoms with Gasteiger partial charge in [-0.1, -0.05) is 0 Å². The summed E-state index contributed by atoms with van der Waals surface area (Å²) in [5.41, 5.74) is 5.39. The van der Waals surface area contributed by atoms with E-state index >= 15 is 0 Å². The highest BCUT2D eigenvalue weighted by Crippen LogP contribution is 2.52. The van der Waals surface area contributed by atoms with Gasteiger partial charge in [0, 0.05) is 18.5 Å². The van der Waals surface area contributed by atoms with Gasteiger partial charge in [-0.2, -0.15) is 0 Å². The molecule has 2 aliphatic rings. The van der Waals surface area contributed by atoms with Crippen molar-refractivity contribution in [2.24, 2.45) is 17.1 Å². The molecule has 2 heterocycles. The molecule has 1 spiro atoms. The van der Waals surface area contributed by atoms with Crippen LogP contribution in [0, 0.1) is 11.3 Å². The number of amides is 1. The van der Waals surface area contributed by atoms with Gasteiger partial charge < -0.3 is 15.7 Å². The summed E-state index contributed by atoms with van der Waals surface area (Å²) >= 11 is 0. The molecule has 0 bridgehead atoms. The zero-order chi connectivity index (χ0) is 13.6. The van der Waals surface area contributed by atoms with Crippen molar-refractivity contribution in [2.75, 3.05) is 18.0 Å². The van der Waals surface area contributed by atoms with Crippen LogP contribution in [0.15, 0.2) is 12.1 Å². The lowest BCUT2D eigenvalue weighted by Crippen LogP contribution is -2.63. The molecule has 7 nitrogen and oxygen atoms in total. The van der Waals surface area contributed by atoms with E-state index in [0.29, 0.717) is 5.82 Å². The van der Waals surface area contributed by atoms with Gasteiger partial charge in [0.1, 0.15) is 0 Å². The molecule has 1 aromatic rings. The van der Waals surface area contributed by atoms with E-state index in [-0.39, 0.29) is 17.0 Å². The lowest BCUT2D eigenvalue weighted by atomic mass is 9.58. The third-order valence-corrected chi connectivity index (χ3v) is 3.99. The molecular formula is C12H14N4O3. The Hall–Kier alpha value is -2.18. The Bertz CT molecular complexity index is 528. The van der Waals surface area contributed by atoms with Gasteiger partial charge in [-0.3, -0.25) is 9.59 Å². The molecule has 100 valence electrons. The van der Waals surface area contributed by atoms with E-state index in [9.17, 15) is 9.59 Å². The molecule has 1 amide bonds. The minimum atomic E-state index is -0.699. The monoisotopic (exact) mass is 262 g/mol. The molecule has 0 aromatic carbocycles. The van der Waals surface area contributed by atoms with Gasteiger partial charge in [0.05, 0.1) is 5.92 Å². The van der Waals surface area contributed by atoms with Crippen molar-refractivity contribution in [3.8, 4) is 0 Å². The maximum absolute atomic E-state index is 10.9. The Morgan fingerprint density at radius 1 is 1.32 bits per heavy atom. The van der Waals surface area contributed by atoms with Crippen LogP contribution in [0.5, 0.6) is 0 Å². The van der Waals surface area contributed by atoms with Gasteiger partial charge in [0.15, 0.2) is 11.5 Å². The Balaban J connectivity index is 1.59. The van der Waals surface area contributed by atoms with Crippen LogP contribution in [-0.4, -0.2) is 40.3 Å². The van der Waals surface area contributed by atoms with Crippen LogP contribution in [0.1, 0.15) is 23.3 Å². The quantitative estimate of drug-likeness (QED) is 0.785. The van der Waals surface area contributed by atoms with E-state index in [2.05, 4.69) is 10.2 Å². The van der Waals surface area contributed by atoms with Gasteiger partial charge in [-0.25, -0.2) is 0 Å². The van der Waals surface area contributed by atoms with Gasteiger partial charge in [0.2, 0.25) is 0 Å². The van der Waals surface area contributed by atoms with E-state index in [0.717, 1.165) is 25.9 Å². The average Bonchev–Trinajstić information content (AvgIpc) is 2.25. The molecule has 1 aliphatic carbocycles. The number of hydrogen-bond acceptors (Lipinski definition) is 5. The Labute approximate surface area is 109 Å². The zero-order valence-corrected chi connectivity index (χ0v) is 10.2. The highest BCUT2D eigenvalue weighted by Gasteiger charge is 2.54. The van der Waals surface area contributed by atoms with Crippen LogP contribution >= 0.6 is 0 Å².